The van der Waals surface area contributed by atoms with Crippen molar-refractivity contribution >= 4 is 0 Å². The predicted octanol–water partition coefficient (Wildman–Crippen LogP) is 2.51. The minimum Gasteiger partial charge on any atom is -0.493 e. The van der Waals surface area contributed by atoms with Gasteiger partial charge in [-0.15, -0.1) is 0 Å². The van der Waals surface area contributed by atoms with Crippen molar-refractivity contribution in [2.45, 2.75) is 25.4 Å². The number of nitrogens with one attached hydrogen (secondary N) is 1. The molecule has 0 spiro atoms. The summed E-state index contributed by atoms with van der Waals surface area (Å²) < 4.78 is 10.5. The van der Waals surface area contributed by atoms with Crippen LogP contribution in [0.3, 0.4) is 0 Å². The van der Waals surface area contributed by atoms with Crippen LogP contribution in [-0.2, 0) is 6.54 Å². The van der Waals surface area contributed by atoms with Crippen molar-refractivity contribution < 1.29 is 9.47 Å². The van der Waals surface area contributed by atoms with Gasteiger partial charge >= 0.3 is 0 Å². The molecule has 0 amide bonds. The van der Waals surface area contributed by atoms with Crippen LogP contribution >= 0.6 is 0 Å². The fraction of sp³-hybridized carbons (Fsp3) is 0.429. The summed E-state index contributed by atoms with van der Waals surface area (Å²) in [6.45, 7) is 0.868. The summed E-state index contributed by atoms with van der Waals surface area (Å²) in [5, 5.41) is 3.53. The molecule has 1 N–H and O–H groups in total. The van der Waals surface area contributed by atoms with Crippen LogP contribution in [-0.4, -0.2) is 20.3 Å². The molecule has 0 atom stereocenters. The van der Waals surface area contributed by atoms with Gasteiger partial charge in [0, 0.05) is 12.6 Å². The van der Waals surface area contributed by atoms with E-state index in [2.05, 4.69) is 23.5 Å². The highest BCUT2D eigenvalue weighted by Gasteiger charge is 2.10. The Morgan fingerprint density at radius 1 is 1.12 bits per heavy atom. The summed E-state index contributed by atoms with van der Waals surface area (Å²) in [5.41, 5.74) is 1.22. The van der Waals surface area contributed by atoms with Crippen LogP contribution in [0.5, 0.6) is 11.5 Å². The lowest BCUT2D eigenvalue weighted by molar-refractivity contribution is 0.354. The van der Waals surface area contributed by atoms with Gasteiger partial charge in [-0.1, -0.05) is 18.2 Å². The Balaban J connectivity index is 1.96. The SMILES string of the molecule is COc1ccc(CNC2CC=CC2)cc1OC. The van der Waals surface area contributed by atoms with Crippen molar-refractivity contribution in [1.82, 2.24) is 5.32 Å². The molecule has 17 heavy (non-hydrogen) atoms. The molecule has 0 saturated heterocycles. The molecule has 0 saturated carbocycles. The summed E-state index contributed by atoms with van der Waals surface area (Å²) in [7, 11) is 3.32. The highest BCUT2D eigenvalue weighted by atomic mass is 16.5. The Morgan fingerprint density at radius 3 is 2.47 bits per heavy atom. The standard InChI is InChI=1S/C14H19NO2/c1-16-13-8-7-11(9-14(13)17-2)10-15-12-5-3-4-6-12/h3-4,7-9,12,15H,5-6,10H2,1-2H3. The summed E-state index contributed by atoms with van der Waals surface area (Å²) in [4.78, 5) is 0. The molecule has 3 nitrogen and oxygen atoms in total. The van der Waals surface area contributed by atoms with E-state index in [1.165, 1.54) is 5.56 Å². The topological polar surface area (TPSA) is 30.5 Å². The first-order valence-electron chi connectivity index (χ1n) is 5.92. The fourth-order valence-electron chi connectivity index (χ4n) is 2.04. The molecule has 1 aliphatic rings. The van der Waals surface area contributed by atoms with E-state index in [0.717, 1.165) is 30.9 Å². The third-order valence-electron chi connectivity index (χ3n) is 3.05. The molecule has 1 aromatic rings. The van der Waals surface area contributed by atoms with Crippen molar-refractivity contribution in [3.05, 3.63) is 35.9 Å². The third kappa shape index (κ3) is 3.01. The second kappa shape index (κ2) is 5.73. The molecule has 3 heteroatoms. The lowest BCUT2D eigenvalue weighted by atomic mass is 10.1. The van der Waals surface area contributed by atoms with Gasteiger partial charge in [-0.3, -0.25) is 0 Å². The predicted molar refractivity (Wildman–Crippen MR) is 68.5 cm³/mol. The fourth-order valence-corrected chi connectivity index (χ4v) is 2.04. The Labute approximate surface area is 102 Å². The Kier molecular flexibility index (Phi) is 4.04. The molecule has 0 radical (unpaired) electrons. The maximum atomic E-state index is 5.28. The van der Waals surface area contributed by atoms with Gasteiger partial charge < -0.3 is 14.8 Å². The molecule has 0 bridgehead atoms. The van der Waals surface area contributed by atoms with Crippen LogP contribution in [0.25, 0.3) is 0 Å². The molecule has 0 aromatic heterocycles. The number of hydrogen-bond acceptors (Lipinski definition) is 3. The zero-order valence-electron chi connectivity index (χ0n) is 10.4. The van der Waals surface area contributed by atoms with E-state index in [1.807, 2.05) is 12.1 Å². The Bertz CT molecular complexity index is 393. The molecule has 0 heterocycles. The van der Waals surface area contributed by atoms with E-state index in [1.54, 1.807) is 14.2 Å². The van der Waals surface area contributed by atoms with Crippen LogP contribution in [0.4, 0.5) is 0 Å². The quantitative estimate of drug-likeness (QED) is 0.793. The van der Waals surface area contributed by atoms with E-state index in [0.29, 0.717) is 6.04 Å². The molecular weight excluding hydrogens is 214 g/mol. The van der Waals surface area contributed by atoms with Crippen molar-refractivity contribution in [3.63, 3.8) is 0 Å². The van der Waals surface area contributed by atoms with Gasteiger partial charge in [0.2, 0.25) is 0 Å². The van der Waals surface area contributed by atoms with Gasteiger partial charge in [-0.2, -0.15) is 0 Å². The summed E-state index contributed by atoms with van der Waals surface area (Å²) in [6.07, 6.45) is 6.72. The number of methoxy groups -OCH3 is 2. The van der Waals surface area contributed by atoms with E-state index in [-0.39, 0.29) is 0 Å². The molecule has 2 rings (SSSR count). The number of ether oxygens (including phenoxy) is 2. The van der Waals surface area contributed by atoms with Gasteiger partial charge in [0.1, 0.15) is 0 Å². The zero-order chi connectivity index (χ0) is 12.1. The van der Waals surface area contributed by atoms with Crippen LogP contribution < -0.4 is 14.8 Å². The van der Waals surface area contributed by atoms with Crippen LogP contribution in [0, 0.1) is 0 Å². The molecule has 92 valence electrons. The first kappa shape index (κ1) is 12.0. The van der Waals surface area contributed by atoms with Gasteiger partial charge in [-0.05, 0) is 30.5 Å². The van der Waals surface area contributed by atoms with E-state index in [4.69, 9.17) is 9.47 Å². The average molecular weight is 233 g/mol. The summed E-state index contributed by atoms with van der Waals surface area (Å²) in [6, 6.07) is 6.62. The molecule has 0 unspecified atom stereocenters. The maximum absolute atomic E-state index is 5.28. The van der Waals surface area contributed by atoms with E-state index < -0.39 is 0 Å². The first-order valence-corrected chi connectivity index (χ1v) is 5.92. The van der Waals surface area contributed by atoms with Crippen molar-refractivity contribution in [2.24, 2.45) is 0 Å². The molecule has 1 aromatic carbocycles. The zero-order valence-corrected chi connectivity index (χ0v) is 10.4. The largest absolute Gasteiger partial charge is 0.493 e. The number of rotatable bonds is 5. The summed E-state index contributed by atoms with van der Waals surface area (Å²) in [5.74, 6) is 1.56. The molecule has 1 aliphatic carbocycles. The molecule has 0 aliphatic heterocycles. The van der Waals surface area contributed by atoms with E-state index >= 15 is 0 Å². The number of hydrogen-bond donors (Lipinski definition) is 1. The summed E-state index contributed by atoms with van der Waals surface area (Å²) >= 11 is 0. The second-order valence-electron chi connectivity index (χ2n) is 4.21. The lowest BCUT2D eigenvalue weighted by Crippen LogP contribution is -2.25. The van der Waals surface area contributed by atoms with Gasteiger partial charge in [0.25, 0.3) is 0 Å². The van der Waals surface area contributed by atoms with Crippen LogP contribution in [0.15, 0.2) is 30.4 Å². The minimum absolute atomic E-state index is 0.586. The Morgan fingerprint density at radius 2 is 1.82 bits per heavy atom. The highest BCUT2D eigenvalue weighted by Crippen LogP contribution is 2.27. The van der Waals surface area contributed by atoms with Crippen molar-refractivity contribution in [3.8, 4) is 11.5 Å². The minimum atomic E-state index is 0.586. The normalized spacial score (nSPS) is 15.2. The Hall–Kier alpha value is -1.48. The second-order valence-corrected chi connectivity index (χ2v) is 4.21. The van der Waals surface area contributed by atoms with Crippen molar-refractivity contribution in [1.29, 1.82) is 0 Å². The maximum Gasteiger partial charge on any atom is 0.161 e. The molecular formula is C14H19NO2. The van der Waals surface area contributed by atoms with Crippen LogP contribution in [0.2, 0.25) is 0 Å². The number of benzene rings is 1. The molecule has 0 fully saturated rings. The third-order valence-corrected chi connectivity index (χ3v) is 3.05. The van der Waals surface area contributed by atoms with Gasteiger partial charge in [0.15, 0.2) is 11.5 Å². The van der Waals surface area contributed by atoms with Gasteiger partial charge in [0.05, 0.1) is 14.2 Å². The first-order chi connectivity index (χ1) is 8.33. The van der Waals surface area contributed by atoms with E-state index in [9.17, 15) is 0 Å². The van der Waals surface area contributed by atoms with Gasteiger partial charge in [-0.25, -0.2) is 0 Å². The smallest absolute Gasteiger partial charge is 0.161 e. The van der Waals surface area contributed by atoms with Crippen LogP contribution in [0.1, 0.15) is 18.4 Å². The lowest BCUT2D eigenvalue weighted by Gasteiger charge is -2.13. The highest BCUT2D eigenvalue weighted by molar-refractivity contribution is 5.42. The van der Waals surface area contributed by atoms with Crippen molar-refractivity contribution in [2.75, 3.05) is 14.2 Å². The average Bonchev–Trinajstić information content (AvgIpc) is 2.89. The monoisotopic (exact) mass is 233 g/mol.